The minimum atomic E-state index is 0.176. The minimum Gasteiger partial charge on any atom is -0.491 e. The van der Waals surface area contributed by atoms with Gasteiger partial charge in [0.05, 0.1) is 17.7 Å². The Hall–Kier alpha value is -2.47. The van der Waals surface area contributed by atoms with Crippen molar-refractivity contribution in [2.75, 3.05) is 5.32 Å². The first kappa shape index (κ1) is 14.0. The Morgan fingerprint density at radius 3 is 2.25 bits per heavy atom. The molecule has 0 atom stereocenters. The van der Waals surface area contributed by atoms with Crippen LogP contribution in [0.2, 0.25) is 0 Å². The zero-order valence-corrected chi connectivity index (χ0v) is 12.0. The highest BCUT2D eigenvalue weighted by Gasteiger charge is 2.01. The Morgan fingerprint density at radius 1 is 1.05 bits per heavy atom. The first-order valence-corrected chi connectivity index (χ1v) is 6.63. The Balaban J connectivity index is 2.10. The van der Waals surface area contributed by atoms with Crippen molar-refractivity contribution >= 4 is 11.4 Å². The summed E-state index contributed by atoms with van der Waals surface area (Å²) in [5.74, 6) is 0.863. The summed E-state index contributed by atoms with van der Waals surface area (Å²) >= 11 is 0. The zero-order chi connectivity index (χ0) is 14.5. The second-order valence-electron chi connectivity index (χ2n) is 4.96. The Kier molecular flexibility index (Phi) is 4.27. The summed E-state index contributed by atoms with van der Waals surface area (Å²) in [7, 11) is 0. The number of nitrogens with one attached hydrogen (secondary N) is 1. The summed E-state index contributed by atoms with van der Waals surface area (Å²) in [6.07, 6.45) is 0.176. The second kappa shape index (κ2) is 6.12. The molecule has 0 spiro atoms. The molecule has 0 aliphatic carbocycles. The van der Waals surface area contributed by atoms with Crippen LogP contribution in [0.4, 0.5) is 11.4 Å². The van der Waals surface area contributed by atoms with Crippen LogP contribution in [0, 0.1) is 18.3 Å². The molecule has 2 aromatic carbocycles. The number of rotatable bonds is 4. The maximum absolute atomic E-state index is 8.92. The third kappa shape index (κ3) is 3.52. The van der Waals surface area contributed by atoms with Crippen molar-refractivity contribution < 1.29 is 4.74 Å². The van der Waals surface area contributed by atoms with Crippen LogP contribution in [0.15, 0.2) is 42.5 Å². The number of nitrogens with zero attached hydrogens (tertiary/aromatic N) is 1. The lowest BCUT2D eigenvalue weighted by Crippen LogP contribution is -2.05. The molecule has 2 rings (SSSR count). The number of aryl methyl sites for hydroxylation is 1. The molecule has 0 bridgehead atoms. The molecule has 0 unspecified atom stereocenters. The number of ether oxygens (including phenoxy) is 1. The third-order valence-electron chi connectivity index (χ3n) is 2.86. The fourth-order valence-corrected chi connectivity index (χ4v) is 1.92. The number of hydrogen-bond donors (Lipinski definition) is 1. The van der Waals surface area contributed by atoms with Gasteiger partial charge in [0.1, 0.15) is 5.75 Å². The van der Waals surface area contributed by atoms with E-state index in [1.807, 2.05) is 63.2 Å². The summed E-state index contributed by atoms with van der Waals surface area (Å²) < 4.78 is 5.60. The van der Waals surface area contributed by atoms with E-state index in [0.29, 0.717) is 5.56 Å². The molecule has 0 radical (unpaired) electrons. The van der Waals surface area contributed by atoms with Gasteiger partial charge in [-0.05, 0) is 68.8 Å². The molecule has 0 aliphatic rings. The molecule has 0 saturated heterocycles. The lowest BCUT2D eigenvalue weighted by molar-refractivity contribution is 0.242. The average molecular weight is 266 g/mol. The van der Waals surface area contributed by atoms with E-state index in [1.165, 1.54) is 0 Å². The van der Waals surface area contributed by atoms with Crippen molar-refractivity contribution in [1.82, 2.24) is 0 Å². The maximum Gasteiger partial charge on any atom is 0.119 e. The molecule has 102 valence electrons. The molecule has 20 heavy (non-hydrogen) atoms. The Morgan fingerprint density at radius 2 is 1.70 bits per heavy atom. The molecular weight excluding hydrogens is 248 g/mol. The monoisotopic (exact) mass is 266 g/mol. The largest absolute Gasteiger partial charge is 0.491 e. The number of benzene rings is 2. The van der Waals surface area contributed by atoms with Gasteiger partial charge in [-0.25, -0.2) is 0 Å². The van der Waals surface area contributed by atoms with Crippen molar-refractivity contribution in [2.45, 2.75) is 26.9 Å². The van der Waals surface area contributed by atoms with Crippen LogP contribution in [-0.2, 0) is 0 Å². The van der Waals surface area contributed by atoms with E-state index in [1.54, 1.807) is 0 Å². The van der Waals surface area contributed by atoms with Crippen molar-refractivity contribution in [3.63, 3.8) is 0 Å². The molecule has 0 amide bonds. The lowest BCUT2D eigenvalue weighted by Gasteiger charge is -2.11. The summed E-state index contributed by atoms with van der Waals surface area (Å²) in [5.41, 5.74) is 3.64. The SMILES string of the molecule is Cc1cc(Nc2ccc(OC(C)C)cc2)ccc1C#N. The van der Waals surface area contributed by atoms with Gasteiger partial charge in [0.25, 0.3) is 0 Å². The molecule has 1 N–H and O–H groups in total. The molecule has 3 heteroatoms. The summed E-state index contributed by atoms with van der Waals surface area (Å²) in [6, 6.07) is 15.7. The highest BCUT2D eigenvalue weighted by atomic mass is 16.5. The summed E-state index contributed by atoms with van der Waals surface area (Å²) in [6.45, 7) is 5.95. The van der Waals surface area contributed by atoms with Crippen LogP contribution < -0.4 is 10.1 Å². The van der Waals surface area contributed by atoms with Crippen molar-refractivity contribution in [2.24, 2.45) is 0 Å². The first-order valence-electron chi connectivity index (χ1n) is 6.63. The van der Waals surface area contributed by atoms with E-state index >= 15 is 0 Å². The fourth-order valence-electron chi connectivity index (χ4n) is 1.92. The van der Waals surface area contributed by atoms with E-state index in [0.717, 1.165) is 22.7 Å². The van der Waals surface area contributed by atoms with Gasteiger partial charge in [-0.3, -0.25) is 0 Å². The highest BCUT2D eigenvalue weighted by molar-refractivity contribution is 5.62. The van der Waals surface area contributed by atoms with E-state index in [4.69, 9.17) is 10.00 Å². The van der Waals surface area contributed by atoms with Crippen molar-refractivity contribution in [1.29, 1.82) is 5.26 Å². The van der Waals surface area contributed by atoms with Crippen molar-refractivity contribution in [3.8, 4) is 11.8 Å². The van der Waals surface area contributed by atoms with Crippen LogP contribution in [0.3, 0.4) is 0 Å². The molecule has 0 aliphatic heterocycles. The van der Waals surface area contributed by atoms with E-state index in [9.17, 15) is 0 Å². The third-order valence-corrected chi connectivity index (χ3v) is 2.86. The first-order chi connectivity index (χ1) is 9.58. The van der Waals surface area contributed by atoms with Gasteiger partial charge in [0.2, 0.25) is 0 Å². The van der Waals surface area contributed by atoms with Gasteiger partial charge in [-0.15, -0.1) is 0 Å². The van der Waals surface area contributed by atoms with Gasteiger partial charge in [0.15, 0.2) is 0 Å². The predicted octanol–water partition coefficient (Wildman–Crippen LogP) is 4.40. The zero-order valence-electron chi connectivity index (χ0n) is 12.0. The Bertz CT molecular complexity index is 624. The molecule has 0 saturated carbocycles. The van der Waals surface area contributed by atoms with E-state index < -0.39 is 0 Å². The summed E-state index contributed by atoms with van der Waals surface area (Å²) in [5, 5.41) is 12.2. The van der Waals surface area contributed by atoms with Crippen LogP contribution >= 0.6 is 0 Å². The average Bonchev–Trinajstić information content (AvgIpc) is 2.41. The highest BCUT2D eigenvalue weighted by Crippen LogP contribution is 2.22. The fraction of sp³-hybridized carbons (Fsp3) is 0.235. The normalized spacial score (nSPS) is 10.2. The lowest BCUT2D eigenvalue weighted by atomic mass is 10.1. The van der Waals surface area contributed by atoms with Gasteiger partial charge >= 0.3 is 0 Å². The standard InChI is InChI=1S/C17H18N2O/c1-12(2)20-17-8-6-15(7-9-17)19-16-5-4-14(11-18)13(3)10-16/h4-10,12,19H,1-3H3. The number of hydrogen-bond acceptors (Lipinski definition) is 3. The molecular formula is C17H18N2O. The van der Waals surface area contributed by atoms with Gasteiger partial charge < -0.3 is 10.1 Å². The topological polar surface area (TPSA) is 45.0 Å². The Labute approximate surface area is 119 Å². The molecule has 0 heterocycles. The minimum absolute atomic E-state index is 0.176. The van der Waals surface area contributed by atoms with E-state index in [2.05, 4.69) is 11.4 Å². The molecule has 3 nitrogen and oxygen atoms in total. The van der Waals surface area contributed by atoms with Gasteiger partial charge in [0, 0.05) is 11.4 Å². The second-order valence-corrected chi connectivity index (χ2v) is 4.96. The van der Waals surface area contributed by atoms with Gasteiger partial charge in [-0.1, -0.05) is 0 Å². The van der Waals surface area contributed by atoms with Gasteiger partial charge in [-0.2, -0.15) is 5.26 Å². The van der Waals surface area contributed by atoms with Crippen LogP contribution in [0.5, 0.6) is 5.75 Å². The van der Waals surface area contributed by atoms with Crippen LogP contribution in [0.25, 0.3) is 0 Å². The molecule has 0 aromatic heterocycles. The maximum atomic E-state index is 8.92. The molecule has 0 fully saturated rings. The van der Waals surface area contributed by atoms with Crippen molar-refractivity contribution in [3.05, 3.63) is 53.6 Å². The number of nitriles is 1. The number of anilines is 2. The predicted molar refractivity (Wildman–Crippen MR) is 81.4 cm³/mol. The smallest absolute Gasteiger partial charge is 0.119 e. The van der Waals surface area contributed by atoms with E-state index in [-0.39, 0.29) is 6.10 Å². The van der Waals surface area contributed by atoms with Crippen LogP contribution in [0.1, 0.15) is 25.0 Å². The van der Waals surface area contributed by atoms with Crippen LogP contribution in [-0.4, -0.2) is 6.10 Å². The molecule has 2 aromatic rings. The quantitative estimate of drug-likeness (QED) is 0.892. The summed E-state index contributed by atoms with van der Waals surface area (Å²) in [4.78, 5) is 0.